The zero-order valence-electron chi connectivity index (χ0n) is 9.59. The molecule has 2 rings (SSSR count). The molecule has 0 aliphatic carbocycles. The Morgan fingerprint density at radius 2 is 2.12 bits per heavy atom. The maximum Gasteiger partial charge on any atom is 0.213 e. The first kappa shape index (κ1) is 11.8. The largest absolute Gasteiger partial charge is 0.473 e. The molecule has 0 atom stereocenters. The van der Waals surface area contributed by atoms with Crippen LogP contribution in [0, 0.1) is 0 Å². The molecule has 1 aromatic carbocycles. The number of benzene rings is 1. The van der Waals surface area contributed by atoms with Crippen LogP contribution in [0.4, 0.5) is 5.69 Å². The minimum atomic E-state index is 0.444. The van der Waals surface area contributed by atoms with Crippen molar-refractivity contribution in [3.8, 4) is 5.88 Å². The van der Waals surface area contributed by atoms with E-state index < -0.39 is 0 Å². The average molecular weight is 246 g/mol. The Bertz CT molecular complexity index is 488. The average Bonchev–Trinajstić information content (AvgIpc) is 2.38. The maximum atomic E-state index is 5.95. The molecule has 0 spiro atoms. The molecule has 4 heteroatoms. The highest BCUT2D eigenvalue weighted by Crippen LogP contribution is 2.26. The molecule has 0 radical (unpaired) electrons. The van der Waals surface area contributed by atoms with Gasteiger partial charge in [-0.2, -0.15) is 0 Å². The summed E-state index contributed by atoms with van der Waals surface area (Å²) in [5, 5.41) is 0. The van der Waals surface area contributed by atoms with E-state index in [0.717, 1.165) is 16.1 Å². The normalized spacial score (nSPS) is 10.2. The van der Waals surface area contributed by atoms with E-state index in [-0.39, 0.29) is 0 Å². The third-order valence-corrected chi connectivity index (χ3v) is 3.21. The van der Waals surface area contributed by atoms with Crippen molar-refractivity contribution in [1.82, 2.24) is 4.98 Å². The topological polar surface area (TPSA) is 48.1 Å². The summed E-state index contributed by atoms with van der Waals surface area (Å²) < 4.78 is 5.61. The minimum Gasteiger partial charge on any atom is -0.473 e. The Kier molecular flexibility index (Phi) is 3.88. The van der Waals surface area contributed by atoms with Crippen LogP contribution in [-0.4, -0.2) is 11.2 Å². The van der Waals surface area contributed by atoms with Crippen molar-refractivity contribution >= 4 is 17.4 Å². The smallest absolute Gasteiger partial charge is 0.213 e. The zero-order chi connectivity index (χ0) is 12.1. The fraction of sp³-hybridized carbons (Fsp3) is 0.154. The van der Waals surface area contributed by atoms with E-state index in [4.69, 9.17) is 10.5 Å². The summed E-state index contributed by atoms with van der Waals surface area (Å²) in [6, 6.07) is 11.5. The van der Waals surface area contributed by atoms with Gasteiger partial charge < -0.3 is 10.5 Å². The maximum absolute atomic E-state index is 5.95. The van der Waals surface area contributed by atoms with E-state index in [1.807, 2.05) is 42.7 Å². The van der Waals surface area contributed by atoms with E-state index in [2.05, 4.69) is 4.98 Å². The second-order valence-electron chi connectivity index (χ2n) is 3.48. The number of pyridine rings is 1. The van der Waals surface area contributed by atoms with Gasteiger partial charge in [0.05, 0.1) is 0 Å². The molecule has 0 saturated carbocycles. The fourth-order valence-electron chi connectivity index (χ4n) is 1.51. The van der Waals surface area contributed by atoms with Crippen LogP contribution in [0.5, 0.6) is 5.88 Å². The number of anilines is 1. The summed E-state index contributed by atoms with van der Waals surface area (Å²) in [5.74, 6) is 0.614. The van der Waals surface area contributed by atoms with Crippen molar-refractivity contribution < 1.29 is 4.74 Å². The van der Waals surface area contributed by atoms with Crippen molar-refractivity contribution in [2.24, 2.45) is 0 Å². The molecular formula is C13H14N2OS. The van der Waals surface area contributed by atoms with Crippen molar-refractivity contribution in [2.75, 3.05) is 12.0 Å². The van der Waals surface area contributed by atoms with Crippen molar-refractivity contribution in [3.05, 3.63) is 48.2 Å². The molecule has 3 nitrogen and oxygen atoms in total. The summed E-state index contributed by atoms with van der Waals surface area (Å²) in [4.78, 5) is 5.25. The van der Waals surface area contributed by atoms with E-state index in [1.165, 1.54) is 0 Å². The number of thioether (sulfide) groups is 1. The molecule has 0 amide bonds. The number of aromatic nitrogens is 1. The molecule has 0 aliphatic heterocycles. The third-order valence-electron chi connectivity index (χ3n) is 2.39. The van der Waals surface area contributed by atoms with E-state index in [9.17, 15) is 0 Å². The van der Waals surface area contributed by atoms with Crippen LogP contribution in [0.25, 0.3) is 0 Å². The number of ether oxygens (including phenoxy) is 1. The van der Waals surface area contributed by atoms with Gasteiger partial charge in [0.1, 0.15) is 6.61 Å². The Hall–Kier alpha value is -1.68. The molecule has 2 aromatic rings. The summed E-state index contributed by atoms with van der Waals surface area (Å²) >= 11 is 1.66. The van der Waals surface area contributed by atoms with E-state index in [1.54, 1.807) is 18.0 Å². The molecule has 1 aromatic heterocycles. The quantitative estimate of drug-likeness (QED) is 0.665. The van der Waals surface area contributed by atoms with Gasteiger partial charge in [-0.15, -0.1) is 11.8 Å². The predicted octanol–water partition coefficient (Wildman–Crippen LogP) is 2.96. The molecule has 0 unspecified atom stereocenters. The highest BCUT2D eigenvalue weighted by atomic mass is 32.2. The SMILES string of the molecule is CSc1cccc(N)c1COc1ccccn1. The van der Waals surface area contributed by atoms with Gasteiger partial charge in [-0.3, -0.25) is 0 Å². The number of nitrogens with zero attached hydrogens (tertiary/aromatic N) is 1. The van der Waals surface area contributed by atoms with Gasteiger partial charge in [-0.1, -0.05) is 12.1 Å². The molecule has 2 N–H and O–H groups in total. The van der Waals surface area contributed by atoms with Crippen LogP contribution in [0.3, 0.4) is 0 Å². The molecule has 88 valence electrons. The van der Waals surface area contributed by atoms with Crippen LogP contribution >= 0.6 is 11.8 Å². The van der Waals surface area contributed by atoms with E-state index >= 15 is 0 Å². The van der Waals surface area contributed by atoms with Crippen molar-refractivity contribution in [3.63, 3.8) is 0 Å². The highest BCUT2D eigenvalue weighted by molar-refractivity contribution is 7.98. The lowest BCUT2D eigenvalue weighted by molar-refractivity contribution is 0.292. The first-order chi connectivity index (χ1) is 8.31. The Morgan fingerprint density at radius 3 is 2.82 bits per heavy atom. The standard InChI is InChI=1S/C13H14N2OS/c1-17-12-6-4-5-11(14)10(12)9-16-13-7-2-3-8-15-13/h2-8H,9,14H2,1H3. The molecular weight excluding hydrogens is 232 g/mol. The molecule has 0 aliphatic rings. The number of nitrogen functional groups attached to an aromatic ring is 1. The van der Waals surface area contributed by atoms with Crippen molar-refractivity contribution in [1.29, 1.82) is 0 Å². The third kappa shape index (κ3) is 2.91. The summed E-state index contributed by atoms with van der Waals surface area (Å²) in [7, 11) is 0. The van der Waals surface area contributed by atoms with Gasteiger partial charge in [-0.05, 0) is 24.5 Å². The summed E-state index contributed by atoms with van der Waals surface area (Å²) in [6.45, 7) is 0.444. The fourth-order valence-corrected chi connectivity index (χ4v) is 2.14. The lowest BCUT2D eigenvalue weighted by Crippen LogP contribution is -2.02. The Labute approximate surface area is 105 Å². The van der Waals surface area contributed by atoms with Gasteiger partial charge in [0.15, 0.2) is 0 Å². The lowest BCUT2D eigenvalue weighted by Gasteiger charge is -2.11. The van der Waals surface area contributed by atoms with Crippen LogP contribution in [0.1, 0.15) is 5.56 Å². The first-order valence-electron chi connectivity index (χ1n) is 5.26. The molecule has 0 bridgehead atoms. The number of hydrogen-bond donors (Lipinski definition) is 1. The molecule has 1 heterocycles. The minimum absolute atomic E-state index is 0.444. The second-order valence-corrected chi connectivity index (χ2v) is 4.33. The lowest BCUT2D eigenvalue weighted by atomic mass is 10.2. The first-order valence-corrected chi connectivity index (χ1v) is 6.49. The zero-order valence-corrected chi connectivity index (χ0v) is 10.4. The molecule has 0 fully saturated rings. The summed E-state index contributed by atoms with van der Waals surface area (Å²) in [6.07, 6.45) is 3.73. The van der Waals surface area contributed by atoms with Crippen LogP contribution in [0.2, 0.25) is 0 Å². The Balaban J connectivity index is 2.14. The predicted molar refractivity (Wildman–Crippen MR) is 71.2 cm³/mol. The van der Waals surface area contributed by atoms with Gasteiger partial charge in [0.2, 0.25) is 5.88 Å². The second kappa shape index (κ2) is 5.59. The van der Waals surface area contributed by atoms with Crippen LogP contribution in [0.15, 0.2) is 47.5 Å². The van der Waals surface area contributed by atoms with Gasteiger partial charge in [0.25, 0.3) is 0 Å². The number of nitrogens with two attached hydrogens (primary N) is 1. The van der Waals surface area contributed by atoms with E-state index in [0.29, 0.717) is 12.5 Å². The van der Waals surface area contributed by atoms with Crippen LogP contribution in [-0.2, 0) is 6.61 Å². The Morgan fingerprint density at radius 1 is 1.24 bits per heavy atom. The van der Waals surface area contributed by atoms with Gasteiger partial charge >= 0.3 is 0 Å². The van der Waals surface area contributed by atoms with Crippen molar-refractivity contribution in [2.45, 2.75) is 11.5 Å². The summed E-state index contributed by atoms with van der Waals surface area (Å²) in [5.41, 5.74) is 7.72. The number of hydrogen-bond acceptors (Lipinski definition) is 4. The highest BCUT2D eigenvalue weighted by Gasteiger charge is 2.06. The van der Waals surface area contributed by atoms with Gasteiger partial charge in [0, 0.05) is 28.4 Å². The molecule has 0 saturated heterocycles. The molecule has 17 heavy (non-hydrogen) atoms. The van der Waals surface area contributed by atoms with Gasteiger partial charge in [-0.25, -0.2) is 4.98 Å². The number of rotatable bonds is 4. The monoisotopic (exact) mass is 246 g/mol. The van der Waals surface area contributed by atoms with Crippen LogP contribution < -0.4 is 10.5 Å².